The zero-order valence-electron chi connectivity index (χ0n) is 16.1. The third kappa shape index (κ3) is 5.33. The molecular weight excluding hydrogens is 356 g/mol. The number of carbonyl (C=O) groups excluding carboxylic acids is 2. The Bertz CT molecular complexity index is 777. The van der Waals surface area contributed by atoms with Gasteiger partial charge in [0.25, 0.3) is 5.91 Å². The zero-order chi connectivity index (χ0) is 19.8. The van der Waals surface area contributed by atoms with Crippen LogP contribution in [0.2, 0.25) is 0 Å². The predicted octanol–water partition coefficient (Wildman–Crippen LogP) is 2.81. The van der Waals surface area contributed by atoms with Crippen molar-refractivity contribution in [1.29, 1.82) is 0 Å². The van der Waals surface area contributed by atoms with Gasteiger partial charge in [-0.3, -0.25) is 9.59 Å². The topological polar surface area (TPSA) is 67.9 Å². The van der Waals surface area contributed by atoms with Gasteiger partial charge in [-0.15, -0.1) is 0 Å². The van der Waals surface area contributed by atoms with Crippen LogP contribution < -0.4 is 10.1 Å². The predicted molar refractivity (Wildman–Crippen MR) is 106 cm³/mol. The van der Waals surface area contributed by atoms with Gasteiger partial charge in [0.1, 0.15) is 11.9 Å². The lowest BCUT2D eigenvalue weighted by molar-refractivity contribution is -0.139. The van der Waals surface area contributed by atoms with Crippen molar-refractivity contribution in [2.75, 3.05) is 33.4 Å². The fraction of sp³-hybridized carbons (Fsp3) is 0.364. The Morgan fingerprint density at radius 1 is 1.14 bits per heavy atom. The SMILES string of the molecule is COc1ccc(C(=O)NCCCC(=O)N2CCOC(c3ccccc3)C2)cc1. The van der Waals surface area contributed by atoms with Gasteiger partial charge in [-0.1, -0.05) is 30.3 Å². The number of ether oxygens (including phenoxy) is 2. The maximum Gasteiger partial charge on any atom is 0.251 e. The Morgan fingerprint density at radius 2 is 1.89 bits per heavy atom. The molecule has 1 N–H and O–H groups in total. The first kappa shape index (κ1) is 19.9. The zero-order valence-corrected chi connectivity index (χ0v) is 16.1. The minimum absolute atomic E-state index is 0.0753. The minimum atomic E-state index is -0.148. The third-order valence-electron chi connectivity index (χ3n) is 4.80. The molecule has 0 bridgehead atoms. The summed E-state index contributed by atoms with van der Waals surface area (Å²) < 4.78 is 10.9. The maximum absolute atomic E-state index is 12.5. The molecule has 0 saturated carbocycles. The largest absolute Gasteiger partial charge is 0.497 e. The third-order valence-corrected chi connectivity index (χ3v) is 4.80. The second-order valence-corrected chi connectivity index (χ2v) is 6.70. The molecule has 148 valence electrons. The van der Waals surface area contributed by atoms with Crippen molar-refractivity contribution in [3.8, 4) is 5.75 Å². The van der Waals surface area contributed by atoms with Crippen LogP contribution in [0, 0.1) is 0 Å². The van der Waals surface area contributed by atoms with E-state index in [2.05, 4.69) is 5.32 Å². The van der Waals surface area contributed by atoms with E-state index in [9.17, 15) is 9.59 Å². The van der Waals surface area contributed by atoms with Crippen LogP contribution in [0.15, 0.2) is 54.6 Å². The van der Waals surface area contributed by atoms with Crippen molar-refractivity contribution < 1.29 is 19.1 Å². The highest BCUT2D eigenvalue weighted by atomic mass is 16.5. The summed E-state index contributed by atoms with van der Waals surface area (Å²) in [5, 5.41) is 2.85. The molecule has 2 amide bonds. The van der Waals surface area contributed by atoms with Crippen molar-refractivity contribution in [2.24, 2.45) is 0 Å². The highest BCUT2D eigenvalue weighted by molar-refractivity contribution is 5.94. The number of nitrogens with zero attached hydrogens (tertiary/aromatic N) is 1. The van der Waals surface area contributed by atoms with Crippen molar-refractivity contribution in [1.82, 2.24) is 10.2 Å². The van der Waals surface area contributed by atoms with Crippen LogP contribution in [0.5, 0.6) is 5.75 Å². The molecule has 1 heterocycles. The minimum Gasteiger partial charge on any atom is -0.497 e. The number of hydrogen-bond acceptors (Lipinski definition) is 4. The van der Waals surface area contributed by atoms with Crippen LogP contribution in [0.3, 0.4) is 0 Å². The Kier molecular flexibility index (Phi) is 7.03. The molecule has 2 aromatic rings. The molecule has 0 aromatic heterocycles. The lowest BCUT2D eigenvalue weighted by atomic mass is 10.1. The van der Waals surface area contributed by atoms with Gasteiger partial charge in [-0.05, 0) is 36.2 Å². The fourth-order valence-corrected chi connectivity index (χ4v) is 3.19. The maximum atomic E-state index is 12.5. The highest BCUT2D eigenvalue weighted by Gasteiger charge is 2.24. The van der Waals surface area contributed by atoms with E-state index in [-0.39, 0.29) is 17.9 Å². The summed E-state index contributed by atoms with van der Waals surface area (Å²) in [6.07, 6.45) is 0.937. The van der Waals surface area contributed by atoms with Crippen LogP contribution in [0.4, 0.5) is 0 Å². The second kappa shape index (κ2) is 9.90. The molecular formula is C22H26N2O4. The number of morpholine rings is 1. The Labute approximate surface area is 165 Å². The number of carbonyl (C=O) groups is 2. The number of benzene rings is 2. The fourth-order valence-electron chi connectivity index (χ4n) is 3.19. The highest BCUT2D eigenvalue weighted by Crippen LogP contribution is 2.22. The molecule has 0 radical (unpaired) electrons. The van der Waals surface area contributed by atoms with Crippen LogP contribution in [-0.4, -0.2) is 50.1 Å². The summed E-state index contributed by atoms with van der Waals surface area (Å²) in [4.78, 5) is 26.5. The average Bonchev–Trinajstić information content (AvgIpc) is 2.77. The van der Waals surface area contributed by atoms with E-state index in [0.29, 0.717) is 50.4 Å². The van der Waals surface area contributed by atoms with E-state index in [1.54, 1.807) is 31.4 Å². The molecule has 6 heteroatoms. The lowest BCUT2D eigenvalue weighted by Crippen LogP contribution is -2.42. The Hall–Kier alpha value is -2.86. The van der Waals surface area contributed by atoms with Crippen LogP contribution in [0.1, 0.15) is 34.9 Å². The number of rotatable bonds is 7. The monoisotopic (exact) mass is 382 g/mol. The van der Waals surface area contributed by atoms with E-state index < -0.39 is 0 Å². The average molecular weight is 382 g/mol. The van der Waals surface area contributed by atoms with Gasteiger partial charge in [-0.2, -0.15) is 0 Å². The molecule has 1 fully saturated rings. The number of amides is 2. The van der Waals surface area contributed by atoms with Gasteiger partial charge in [0.15, 0.2) is 0 Å². The summed E-state index contributed by atoms with van der Waals surface area (Å²) >= 11 is 0. The van der Waals surface area contributed by atoms with Gasteiger partial charge in [0.2, 0.25) is 5.91 Å². The molecule has 0 aliphatic carbocycles. The molecule has 28 heavy (non-hydrogen) atoms. The lowest BCUT2D eigenvalue weighted by Gasteiger charge is -2.33. The molecule has 2 aromatic carbocycles. The normalized spacial score (nSPS) is 16.5. The summed E-state index contributed by atoms with van der Waals surface area (Å²) in [5.41, 5.74) is 1.66. The molecule has 1 unspecified atom stereocenters. The molecule has 1 atom stereocenters. The Balaban J connectivity index is 1.40. The van der Waals surface area contributed by atoms with E-state index in [1.165, 1.54) is 0 Å². The summed E-state index contributed by atoms with van der Waals surface area (Å²) in [6.45, 7) is 2.18. The van der Waals surface area contributed by atoms with Gasteiger partial charge in [0.05, 0.1) is 20.3 Å². The molecule has 6 nitrogen and oxygen atoms in total. The van der Waals surface area contributed by atoms with Crippen molar-refractivity contribution in [3.05, 3.63) is 65.7 Å². The first-order valence-corrected chi connectivity index (χ1v) is 9.54. The van der Waals surface area contributed by atoms with Crippen molar-refractivity contribution in [2.45, 2.75) is 18.9 Å². The number of methoxy groups -OCH3 is 1. The van der Waals surface area contributed by atoms with Gasteiger partial charge < -0.3 is 19.7 Å². The van der Waals surface area contributed by atoms with Crippen LogP contribution >= 0.6 is 0 Å². The first-order valence-electron chi connectivity index (χ1n) is 9.54. The molecule has 1 saturated heterocycles. The molecule has 1 aliphatic heterocycles. The summed E-state index contributed by atoms with van der Waals surface area (Å²) in [7, 11) is 1.59. The van der Waals surface area contributed by atoms with E-state index in [4.69, 9.17) is 9.47 Å². The summed E-state index contributed by atoms with van der Waals surface area (Å²) in [6, 6.07) is 16.9. The Morgan fingerprint density at radius 3 is 2.61 bits per heavy atom. The van der Waals surface area contributed by atoms with Gasteiger partial charge >= 0.3 is 0 Å². The van der Waals surface area contributed by atoms with E-state index >= 15 is 0 Å². The van der Waals surface area contributed by atoms with Gasteiger partial charge in [-0.25, -0.2) is 0 Å². The molecule has 1 aliphatic rings. The number of hydrogen-bond donors (Lipinski definition) is 1. The van der Waals surface area contributed by atoms with Crippen molar-refractivity contribution in [3.63, 3.8) is 0 Å². The number of nitrogens with one attached hydrogen (secondary N) is 1. The van der Waals surface area contributed by atoms with E-state index in [1.807, 2.05) is 35.2 Å². The quantitative estimate of drug-likeness (QED) is 0.748. The standard InChI is InChI=1S/C22H26N2O4/c1-27-19-11-9-18(10-12-19)22(26)23-13-5-8-21(25)24-14-15-28-20(16-24)17-6-3-2-4-7-17/h2-4,6-7,9-12,20H,5,8,13-16H2,1H3,(H,23,26). The molecule has 3 rings (SSSR count). The van der Waals surface area contributed by atoms with Gasteiger partial charge in [0, 0.05) is 25.1 Å². The smallest absolute Gasteiger partial charge is 0.251 e. The van der Waals surface area contributed by atoms with Crippen LogP contribution in [-0.2, 0) is 9.53 Å². The van der Waals surface area contributed by atoms with E-state index in [0.717, 1.165) is 5.56 Å². The van der Waals surface area contributed by atoms with Crippen LogP contribution in [0.25, 0.3) is 0 Å². The molecule has 0 spiro atoms. The summed E-state index contributed by atoms with van der Waals surface area (Å²) in [5.74, 6) is 0.662. The first-order chi connectivity index (χ1) is 13.7. The second-order valence-electron chi connectivity index (χ2n) is 6.70. The van der Waals surface area contributed by atoms with Crippen molar-refractivity contribution >= 4 is 11.8 Å².